The molecule has 2 fully saturated rings. The van der Waals surface area contributed by atoms with E-state index < -0.39 is 59.7 Å². The first-order valence-electron chi connectivity index (χ1n) is 21.4. The number of nitrogens with one attached hydrogen (secondary N) is 3. The van der Waals surface area contributed by atoms with E-state index in [1.54, 1.807) is 4.90 Å². The highest BCUT2D eigenvalue weighted by Crippen LogP contribution is 2.28. The zero-order valence-electron chi connectivity index (χ0n) is 35.6. The fourth-order valence-electron chi connectivity index (χ4n) is 8.44. The number of amides is 6. The first kappa shape index (κ1) is 46.5. The Morgan fingerprint density at radius 3 is 2.10 bits per heavy atom. The van der Waals surface area contributed by atoms with Crippen molar-refractivity contribution in [2.75, 3.05) is 19.6 Å². The Labute approximate surface area is 349 Å². The minimum Gasteiger partial charge on any atom is -0.370 e. The van der Waals surface area contributed by atoms with Crippen LogP contribution in [0, 0.1) is 17.8 Å². The number of aliphatic imine (C=N–C) groups is 1. The number of nitrogens with two attached hydrogens (primary N) is 3. The summed E-state index contributed by atoms with van der Waals surface area (Å²) in [4.78, 5) is 89.8. The minimum atomic E-state index is -1.12. The van der Waals surface area contributed by atoms with E-state index in [1.807, 2.05) is 70.2 Å². The van der Waals surface area contributed by atoms with Gasteiger partial charge in [-0.25, -0.2) is 0 Å². The molecular weight excluding hydrogens is 751 g/mol. The molecule has 1 heterocycles. The van der Waals surface area contributed by atoms with Crippen molar-refractivity contribution < 1.29 is 28.8 Å². The number of likely N-dealkylation sites (tertiary alicyclic amines) is 1. The second kappa shape index (κ2) is 22.2. The van der Waals surface area contributed by atoms with Crippen molar-refractivity contribution in [2.45, 2.75) is 135 Å². The van der Waals surface area contributed by atoms with Crippen LogP contribution in [0.25, 0.3) is 10.8 Å². The number of rotatable bonds is 20. The summed E-state index contributed by atoms with van der Waals surface area (Å²) in [5.41, 5.74) is 17.6. The quantitative estimate of drug-likeness (QED) is 0.0659. The van der Waals surface area contributed by atoms with Crippen LogP contribution in [0.15, 0.2) is 47.5 Å². The molecule has 6 amide bonds. The van der Waals surface area contributed by atoms with E-state index in [1.165, 1.54) is 11.8 Å². The van der Waals surface area contributed by atoms with Crippen LogP contribution in [-0.4, -0.2) is 101 Å². The molecule has 324 valence electrons. The van der Waals surface area contributed by atoms with E-state index in [-0.39, 0.29) is 49.0 Å². The number of hydrogen-bond donors (Lipinski definition) is 6. The summed E-state index contributed by atoms with van der Waals surface area (Å²) in [5, 5.41) is 11.0. The van der Waals surface area contributed by atoms with Crippen molar-refractivity contribution in [1.82, 2.24) is 25.8 Å². The van der Waals surface area contributed by atoms with Gasteiger partial charge in [-0.3, -0.25) is 33.8 Å². The van der Waals surface area contributed by atoms with Crippen molar-refractivity contribution >= 4 is 52.2 Å². The molecule has 2 aliphatic rings. The number of carbonyl (C=O) groups excluding carboxylic acids is 6. The molecular formula is C44H67N9O6. The van der Waals surface area contributed by atoms with Gasteiger partial charge >= 0.3 is 0 Å². The van der Waals surface area contributed by atoms with E-state index >= 15 is 0 Å². The Bertz CT molecular complexity index is 1810. The first-order valence-corrected chi connectivity index (χ1v) is 21.4. The highest BCUT2D eigenvalue weighted by atomic mass is 16.2. The lowest BCUT2D eigenvalue weighted by atomic mass is 9.83. The number of primary amides is 1. The number of hydrogen-bond acceptors (Lipinski definition) is 7. The maximum Gasteiger partial charge on any atom is 0.245 e. The Morgan fingerprint density at radius 2 is 1.47 bits per heavy atom. The topological polar surface area (TPSA) is 235 Å². The molecule has 9 N–H and O–H groups in total. The molecule has 15 heteroatoms. The third kappa shape index (κ3) is 13.7. The van der Waals surface area contributed by atoms with Gasteiger partial charge in [0, 0.05) is 33.0 Å². The Balaban J connectivity index is 1.64. The third-order valence-corrected chi connectivity index (χ3v) is 11.4. The van der Waals surface area contributed by atoms with Crippen LogP contribution in [0.3, 0.4) is 0 Å². The molecule has 2 aromatic carbocycles. The summed E-state index contributed by atoms with van der Waals surface area (Å²) in [5.74, 6) is -3.07. The fraction of sp³-hybridized carbons (Fsp3) is 0.614. The Kier molecular flexibility index (Phi) is 17.5. The van der Waals surface area contributed by atoms with Gasteiger partial charge in [0.1, 0.15) is 30.2 Å². The Morgan fingerprint density at radius 1 is 0.797 bits per heavy atom. The van der Waals surface area contributed by atoms with Crippen molar-refractivity contribution in [3.05, 3.63) is 48.0 Å². The van der Waals surface area contributed by atoms with Crippen LogP contribution in [-0.2, 0) is 35.2 Å². The lowest BCUT2D eigenvalue weighted by Gasteiger charge is -2.36. The summed E-state index contributed by atoms with van der Waals surface area (Å²) >= 11 is 0. The predicted octanol–water partition coefficient (Wildman–Crippen LogP) is 2.87. The maximum absolute atomic E-state index is 14.6. The minimum absolute atomic E-state index is 0.00694. The molecule has 1 saturated heterocycles. The van der Waals surface area contributed by atoms with Crippen molar-refractivity contribution in [3.8, 4) is 0 Å². The molecule has 0 radical (unpaired) electrons. The number of guanidine groups is 1. The second-order valence-corrected chi connectivity index (χ2v) is 17.1. The molecule has 1 saturated carbocycles. The first-order chi connectivity index (χ1) is 28.0. The van der Waals surface area contributed by atoms with Crippen LogP contribution in [0.4, 0.5) is 0 Å². The summed E-state index contributed by atoms with van der Waals surface area (Å²) in [6.45, 7) is 10.2. The van der Waals surface area contributed by atoms with E-state index in [0.717, 1.165) is 35.6 Å². The second-order valence-electron chi connectivity index (χ2n) is 17.1. The van der Waals surface area contributed by atoms with Gasteiger partial charge in [0.25, 0.3) is 0 Å². The fourth-order valence-corrected chi connectivity index (χ4v) is 8.44. The van der Waals surface area contributed by atoms with Crippen molar-refractivity contribution in [1.29, 1.82) is 0 Å². The average molecular weight is 818 g/mol. The van der Waals surface area contributed by atoms with Crippen LogP contribution in [0.1, 0.15) is 104 Å². The molecule has 0 spiro atoms. The van der Waals surface area contributed by atoms with Gasteiger partial charge in [0.15, 0.2) is 5.96 Å². The van der Waals surface area contributed by atoms with E-state index in [2.05, 4.69) is 20.9 Å². The number of benzene rings is 2. The summed E-state index contributed by atoms with van der Waals surface area (Å²) in [6, 6.07) is 9.16. The number of fused-ring (bicyclic) bond motifs is 1. The lowest BCUT2D eigenvalue weighted by Crippen LogP contribution is -2.61. The zero-order chi connectivity index (χ0) is 43.2. The molecule has 15 nitrogen and oxygen atoms in total. The number of nitrogens with zero attached hydrogens (tertiary/aromatic N) is 3. The van der Waals surface area contributed by atoms with E-state index in [9.17, 15) is 28.8 Å². The van der Waals surface area contributed by atoms with Gasteiger partial charge in [-0.05, 0) is 79.0 Å². The summed E-state index contributed by atoms with van der Waals surface area (Å²) < 4.78 is 0. The molecule has 1 aliphatic heterocycles. The van der Waals surface area contributed by atoms with Crippen LogP contribution >= 0.6 is 0 Å². The average Bonchev–Trinajstić information content (AvgIpc) is 3.69. The van der Waals surface area contributed by atoms with Crippen LogP contribution in [0.5, 0.6) is 0 Å². The molecule has 59 heavy (non-hydrogen) atoms. The largest absolute Gasteiger partial charge is 0.370 e. The van der Waals surface area contributed by atoms with Crippen LogP contribution < -0.4 is 33.2 Å². The van der Waals surface area contributed by atoms with Gasteiger partial charge in [0.2, 0.25) is 35.4 Å². The lowest BCUT2D eigenvalue weighted by molar-refractivity contribution is -0.142. The van der Waals surface area contributed by atoms with Gasteiger partial charge in [-0.2, -0.15) is 0 Å². The number of carbonyl (C=O) groups is 6. The van der Waals surface area contributed by atoms with Crippen LogP contribution in [0.2, 0.25) is 0 Å². The highest BCUT2D eigenvalue weighted by molar-refractivity contribution is 5.96. The van der Waals surface area contributed by atoms with E-state index in [0.29, 0.717) is 51.6 Å². The molecule has 5 atom stereocenters. The molecule has 4 rings (SSSR count). The molecule has 0 aromatic heterocycles. The summed E-state index contributed by atoms with van der Waals surface area (Å²) in [7, 11) is 0. The molecule has 0 unspecified atom stereocenters. The highest BCUT2D eigenvalue weighted by Gasteiger charge is 2.40. The molecule has 2 aromatic rings. The third-order valence-electron chi connectivity index (χ3n) is 11.4. The smallest absolute Gasteiger partial charge is 0.245 e. The van der Waals surface area contributed by atoms with Gasteiger partial charge < -0.3 is 43.0 Å². The van der Waals surface area contributed by atoms with E-state index in [4.69, 9.17) is 17.2 Å². The van der Waals surface area contributed by atoms with Gasteiger partial charge in [-0.1, -0.05) is 89.4 Å². The molecule has 0 bridgehead atoms. The zero-order valence-corrected chi connectivity index (χ0v) is 35.6. The maximum atomic E-state index is 14.6. The van der Waals surface area contributed by atoms with Gasteiger partial charge in [-0.15, -0.1) is 0 Å². The van der Waals surface area contributed by atoms with Crippen molar-refractivity contribution in [3.63, 3.8) is 0 Å². The SMILES string of the molecule is CC(=O)N(CC(C)C)[C@@H](Cc1ccc2ccccc2c1)C(=O)N[C@H](C(=O)N[C@@H](CCCN=C(N)N)C(=O)N[C@@H](CC(C)C)C(=O)N1CCC[C@H]1C(N)=O)C1CCCCC1. The standard InChI is InChI=1S/C44H67N9O6/c1-27(2)23-35(43(59)52-22-12-18-36(52)39(45)55)50-40(56)34(17-11-21-48-44(46)47)49-42(58)38(32-14-7-6-8-15-32)51-41(57)37(53(29(5)54)26-28(3)4)25-30-19-20-31-13-9-10-16-33(31)24-30/h9-10,13,16,19-20,24,27-28,32,34-38H,6-8,11-12,14-15,17-18,21-23,25-26H2,1-5H3,(H2,45,55)(H,49,58)(H,50,56)(H,51,57)(H4,46,47,48)/t34-,35-,36-,37-,38-/m0/s1. The monoisotopic (exact) mass is 818 g/mol. The summed E-state index contributed by atoms with van der Waals surface area (Å²) in [6.07, 6.45) is 6.20. The molecule has 1 aliphatic carbocycles. The van der Waals surface area contributed by atoms with Gasteiger partial charge in [0.05, 0.1) is 0 Å². The Hall–Kier alpha value is -5.21. The normalized spacial score (nSPS) is 17.8. The predicted molar refractivity (Wildman–Crippen MR) is 229 cm³/mol. The van der Waals surface area contributed by atoms with Crippen molar-refractivity contribution in [2.24, 2.45) is 39.9 Å².